The molecule has 0 aromatic carbocycles. The summed E-state index contributed by atoms with van der Waals surface area (Å²) in [6.45, 7) is 8.24. The number of hydrogen-bond donors (Lipinski definition) is 0. The summed E-state index contributed by atoms with van der Waals surface area (Å²) in [5.41, 5.74) is 0. The molecule has 2 heteroatoms. The molecule has 0 spiro atoms. The van der Waals surface area contributed by atoms with Crippen LogP contribution in [0.3, 0.4) is 0 Å². The third kappa shape index (κ3) is 2.93. The number of rotatable bonds is 2. The van der Waals surface area contributed by atoms with E-state index in [2.05, 4.69) is 27.7 Å². The van der Waals surface area contributed by atoms with Gasteiger partial charge < -0.3 is 0 Å². The minimum atomic E-state index is -2.41. The predicted octanol–water partition coefficient (Wildman–Crippen LogP) is 4.35. The number of alkyl halides is 2. The zero-order valence-electron chi connectivity index (χ0n) is 9.69. The molecule has 0 bridgehead atoms. The van der Waals surface area contributed by atoms with E-state index < -0.39 is 5.92 Å². The first kappa shape index (κ1) is 11.9. The van der Waals surface area contributed by atoms with E-state index in [1.807, 2.05) is 0 Å². The molecule has 2 unspecified atom stereocenters. The summed E-state index contributed by atoms with van der Waals surface area (Å²) in [5.74, 6) is -1.20. The third-order valence-electron chi connectivity index (χ3n) is 3.61. The monoisotopic (exact) mass is 204 g/mol. The highest BCUT2D eigenvalue weighted by Gasteiger charge is 2.42. The Labute approximate surface area is 86.1 Å². The minimum Gasteiger partial charge on any atom is -0.207 e. The zero-order valence-corrected chi connectivity index (χ0v) is 9.69. The Morgan fingerprint density at radius 2 is 1.29 bits per heavy atom. The Morgan fingerprint density at radius 1 is 0.929 bits per heavy atom. The van der Waals surface area contributed by atoms with Gasteiger partial charge in [0.15, 0.2) is 0 Å². The average molecular weight is 204 g/mol. The Morgan fingerprint density at radius 3 is 1.57 bits per heavy atom. The molecular weight excluding hydrogens is 182 g/mol. The van der Waals surface area contributed by atoms with Crippen molar-refractivity contribution in [2.75, 3.05) is 0 Å². The molecule has 14 heavy (non-hydrogen) atoms. The van der Waals surface area contributed by atoms with Crippen molar-refractivity contribution in [2.24, 2.45) is 23.7 Å². The van der Waals surface area contributed by atoms with Crippen LogP contribution in [0.4, 0.5) is 8.78 Å². The Bertz CT molecular complexity index is 167. The SMILES string of the molecule is CC(C)C1CC(C(C)C)CC(F)(F)C1. The molecule has 0 radical (unpaired) electrons. The van der Waals surface area contributed by atoms with Crippen molar-refractivity contribution in [2.45, 2.75) is 52.9 Å². The topological polar surface area (TPSA) is 0 Å². The summed E-state index contributed by atoms with van der Waals surface area (Å²) in [5, 5.41) is 0. The van der Waals surface area contributed by atoms with Gasteiger partial charge in [0.1, 0.15) is 0 Å². The van der Waals surface area contributed by atoms with Crippen LogP contribution in [0.15, 0.2) is 0 Å². The lowest BCUT2D eigenvalue weighted by Crippen LogP contribution is -2.35. The molecule has 84 valence electrons. The van der Waals surface area contributed by atoms with E-state index in [0.29, 0.717) is 11.8 Å². The van der Waals surface area contributed by atoms with Crippen LogP contribution in [-0.4, -0.2) is 5.92 Å². The van der Waals surface area contributed by atoms with Crippen molar-refractivity contribution in [3.05, 3.63) is 0 Å². The van der Waals surface area contributed by atoms with Crippen LogP contribution in [0, 0.1) is 23.7 Å². The first-order chi connectivity index (χ1) is 6.32. The standard InChI is InChI=1S/C12H22F2/c1-8(2)10-5-11(9(3)4)7-12(13,14)6-10/h8-11H,5-7H2,1-4H3. The average Bonchev–Trinajstić information content (AvgIpc) is 2.01. The zero-order chi connectivity index (χ0) is 10.9. The van der Waals surface area contributed by atoms with E-state index in [1.165, 1.54) is 0 Å². The van der Waals surface area contributed by atoms with E-state index in [1.54, 1.807) is 0 Å². The smallest absolute Gasteiger partial charge is 0.207 e. The molecule has 1 saturated carbocycles. The van der Waals surface area contributed by atoms with Gasteiger partial charge in [0.05, 0.1) is 0 Å². The molecule has 0 aliphatic heterocycles. The van der Waals surface area contributed by atoms with E-state index >= 15 is 0 Å². The first-order valence-corrected chi connectivity index (χ1v) is 5.69. The van der Waals surface area contributed by atoms with Crippen LogP contribution in [0.2, 0.25) is 0 Å². The molecule has 0 aromatic heterocycles. The van der Waals surface area contributed by atoms with E-state index in [4.69, 9.17) is 0 Å². The van der Waals surface area contributed by atoms with E-state index in [-0.39, 0.29) is 24.7 Å². The normalized spacial score (nSPS) is 32.6. The lowest BCUT2D eigenvalue weighted by Gasteiger charge is -2.38. The summed E-state index contributed by atoms with van der Waals surface area (Å²) in [6.07, 6.45) is 1.20. The van der Waals surface area contributed by atoms with Gasteiger partial charge in [-0.3, -0.25) is 0 Å². The second-order valence-electron chi connectivity index (χ2n) is 5.51. The highest BCUT2D eigenvalue weighted by atomic mass is 19.3. The quantitative estimate of drug-likeness (QED) is 0.627. The maximum Gasteiger partial charge on any atom is 0.248 e. The van der Waals surface area contributed by atoms with Crippen molar-refractivity contribution < 1.29 is 8.78 Å². The van der Waals surface area contributed by atoms with E-state index in [9.17, 15) is 8.78 Å². The summed E-state index contributed by atoms with van der Waals surface area (Å²) in [4.78, 5) is 0. The number of hydrogen-bond acceptors (Lipinski definition) is 0. The molecule has 0 aromatic rings. The Kier molecular flexibility index (Phi) is 3.54. The maximum absolute atomic E-state index is 13.4. The molecule has 1 fully saturated rings. The lowest BCUT2D eigenvalue weighted by molar-refractivity contribution is -0.0868. The van der Waals surface area contributed by atoms with Crippen molar-refractivity contribution in [3.63, 3.8) is 0 Å². The van der Waals surface area contributed by atoms with Gasteiger partial charge in [-0.05, 0) is 30.1 Å². The van der Waals surface area contributed by atoms with Crippen molar-refractivity contribution in [1.82, 2.24) is 0 Å². The number of halogens is 2. The summed E-state index contributed by atoms with van der Waals surface area (Å²) >= 11 is 0. The molecule has 1 aliphatic rings. The van der Waals surface area contributed by atoms with Crippen LogP contribution in [0.5, 0.6) is 0 Å². The molecule has 0 amide bonds. The van der Waals surface area contributed by atoms with Gasteiger partial charge in [-0.25, -0.2) is 8.78 Å². The highest BCUT2D eigenvalue weighted by molar-refractivity contribution is 4.86. The van der Waals surface area contributed by atoms with Crippen LogP contribution in [0.1, 0.15) is 47.0 Å². The second kappa shape index (κ2) is 4.16. The molecular formula is C12H22F2. The van der Waals surface area contributed by atoms with Gasteiger partial charge in [-0.15, -0.1) is 0 Å². The van der Waals surface area contributed by atoms with Gasteiger partial charge in [0, 0.05) is 12.8 Å². The molecule has 0 nitrogen and oxygen atoms in total. The minimum absolute atomic E-state index is 0.105. The van der Waals surface area contributed by atoms with Crippen molar-refractivity contribution >= 4 is 0 Å². The van der Waals surface area contributed by atoms with Crippen LogP contribution in [0.25, 0.3) is 0 Å². The molecule has 0 saturated heterocycles. The molecule has 0 N–H and O–H groups in total. The Hall–Kier alpha value is -0.140. The van der Waals surface area contributed by atoms with Crippen LogP contribution < -0.4 is 0 Å². The van der Waals surface area contributed by atoms with Crippen molar-refractivity contribution in [1.29, 1.82) is 0 Å². The third-order valence-corrected chi connectivity index (χ3v) is 3.61. The van der Waals surface area contributed by atoms with Crippen molar-refractivity contribution in [3.8, 4) is 0 Å². The second-order valence-corrected chi connectivity index (χ2v) is 5.51. The summed E-state index contributed by atoms with van der Waals surface area (Å²) < 4.78 is 26.9. The highest BCUT2D eigenvalue weighted by Crippen LogP contribution is 2.45. The van der Waals surface area contributed by atoms with Crippen LogP contribution >= 0.6 is 0 Å². The van der Waals surface area contributed by atoms with Gasteiger partial charge in [-0.1, -0.05) is 27.7 Å². The van der Waals surface area contributed by atoms with Crippen LogP contribution in [-0.2, 0) is 0 Å². The summed E-state index contributed by atoms with van der Waals surface area (Å²) in [7, 11) is 0. The first-order valence-electron chi connectivity index (χ1n) is 5.69. The van der Waals surface area contributed by atoms with E-state index in [0.717, 1.165) is 6.42 Å². The molecule has 0 heterocycles. The fourth-order valence-electron chi connectivity index (χ4n) is 2.42. The molecule has 2 atom stereocenters. The van der Waals surface area contributed by atoms with Gasteiger partial charge in [-0.2, -0.15) is 0 Å². The van der Waals surface area contributed by atoms with Gasteiger partial charge >= 0.3 is 0 Å². The largest absolute Gasteiger partial charge is 0.248 e. The van der Waals surface area contributed by atoms with Gasteiger partial charge in [0.25, 0.3) is 0 Å². The fraction of sp³-hybridized carbons (Fsp3) is 1.00. The molecule has 1 aliphatic carbocycles. The fourth-order valence-corrected chi connectivity index (χ4v) is 2.42. The predicted molar refractivity (Wildman–Crippen MR) is 55.5 cm³/mol. The van der Waals surface area contributed by atoms with Gasteiger partial charge in [0.2, 0.25) is 5.92 Å². The lowest BCUT2D eigenvalue weighted by atomic mass is 9.71. The Balaban J connectivity index is 2.67. The molecule has 1 rings (SSSR count). The maximum atomic E-state index is 13.4. The summed E-state index contributed by atoms with van der Waals surface area (Å²) in [6, 6.07) is 0.